The monoisotopic (exact) mass is 308 g/mol. The second kappa shape index (κ2) is 6.75. The summed E-state index contributed by atoms with van der Waals surface area (Å²) in [5.41, 5.74) is 5.46. The number of thiazole rings is 1. The van der Waals surface area contributed by atoms with Gasteiger partial charge in [0.2, 0.25) is 5.91 Å². The lowest BCUT2D eigenvalue weighted by Crippen LogP contribution is -2.48. The van der Waals surface area contributed by atoms with Crippen LogP contribution in [-0.2, 0) is 4.79 Å². The molecule has 6 heteroatoms. The molecule has 21 heavy (non-hydrogen) atoms. The number of aromatic nitrogens is 1. The molecule has 116 valence electrons. The topological polar surface area (TPSA) is 71.2 Å². The van der Waals surface area contributed by atoms with Gasteiger partial charge >= 0.3 is 0 Å². The van der Waals surface area contributed by atoms with E-state index >= 15 is 0 Å². The highest BCUT2D eigenvalue weighted by molar-refractivity contribution is 7.13. The molecule has 1 aliphatic heterocycles. The van der Waals surface area contributed by atoms with E-state index in [-0.39, 0.29) is 11.8 Å². The van der Waals surface area contributed by atoms with E-state index in [4.69, 9.17) is 5.73 Å². The van der Waals surface area contributed by atoms with E-state index in [2.05, 4.69) is 15.2 Å². The van der Waals surface area contributed by atoms with E-state index in [1.807, 2.05) is 11.6 Å². The Kier molecular flexibility index (Phi) is 4.75. The van der Waals surface area contributed by atoms with Gasteiger partial charge in [-0.3, -0.25) is 4.79 Å². The Labute approximate surface area is 129 Å². The Morgan fingerprint density at radius 1 is 1.29 bits per heavy atom. The summed E-state index contributed by atoms with van der Waals surface area (Å²) in [6, 6.07) is 1.03. The van der Waals surface area contributed by atoms with Gasteiger partial charge in [-0.15, -0.1) is 11.3 Å². The summed E-state index contributed by atoms with van der Waals surface area (Å²) in [6.07, 6.45) is 8.35. The lowest BCUT2D eigenvalue weighted by molar-refractivity contribution is -0.123. The number of rotatable bonds is 4. The molecular weight excluding hydrogens is 284 g/mol. The van der Waals surface area contributed by atoms with Gasteiger partial charge in [0.05, 0.1) is 0 Å². The summed E-state index contributed by atoms with van der Waals surface area (Å²) in [5, 5.41) is 6.93. The van der Waals surface area contributed by atoms with Gasteiger partial charge < -0.3 is 16.0 Å². The Bertz CT molecular complexity index is 456. The van der Waals surface area contributed by atoms with Crippen LogP contribution in [0, 0.1) is 5.92 Å². The van der Waals surface area contributed by atoms with Gasteiger partial charge in [0.15, 0.2) is 5.13 Å². The van der Waals surface area contributed by atoms with E-state index in [0.717, 1.165) is 50.3 Å². The molecular formula is C15H24N4OS. The van der Waals surface area contributed by atoms with E-state index in [1.54, 1.807) is 11.3 Å². The maximum Gasteiger partial charge on any atom is 0.220 e. The van der Waals surface area contributed by atoms with E-state index in [1.165, 1.54) is 6.42 Å². The molecule has 1 amide bonds. The van der Waals surface area contributed by atoms with Crippen LogP contribution in [0.2, 0.25) is 0 Å². The molecule has 0 unspecified atom stereocenters. The van der Waals surface area contributed by atoms with Gasteiger partial charge in [-0.1, -0.05) is 6.42 Å². The normalized spacial score (nSPS) is 27.7. The number of primary amides is 1. The van der Waals surface area contributed by atoms with E-state index in [9.17, 15) is 4.79 Å². The molecule has 1 aromatic rings. The van der Waals surface area contributed by atoms with E-state index in [0.29, 0.717) is 12.1 Å². The molecule has 5 nitrogen and oxygen atoms in total. The number of anilines is 1. The molecule has 2 fully saturated rings. The molecule has 0 radical (unpaired) electrons. The maximum absolute atomic E-state index is 11.3. The fourth-order valence-corrected chi connectivity index (χ4v) is 4.24. The molecule has 1 saturated carbocycles. The van der Waals surface area contributed by atoms with Gasteiger partial charge in [0.1, 0.15) is 0 Å². The van der Waals surface area contributed by atoms with Gasteiger partial charge in [-0.25, -0.2) is 4.98 Å². The number of hydrogen-bond donors (Lipinski definition) is 2. The summed E-state index contributed by atoms with van der Waals surface area (Å²) >= 11 is 1.71. The fraction of sp³-hybridized carbons (Fsp3) is 0.733. The molecule has 2 heterocycles. The van der Waals surface area contributed by atoms with Crippen LogP contribution in [-0.4, -0.2) is 36.1 Å². The minimum atomic E-state index is -0.125. The molecule has 0 aromatic carbocycles. The maximum atomic E-state index is 11.3. The minimum Gasteiger partial charge on any atom is -0.369 e. The van der Waals surface area contributed by atoms with Gasteiger partial charge in [-0.05, 0) is 32.1 Å². The number of nitrogens with zero attached hydrogens (tertiary/aromatic N) is 2. The molecule has 3 rings (SSSR count). The second-order valence-electron chi connectivity index (χ2n) is 6.21. The quantitative estimate of drug-likeness (QED) is 0.889. The molecule has 0 bridgehead atoms. The fourth-order valence-electron chi connectivity index (χ4n) is 3.54. The first kappa shape index (κ1) is 14.8. The Hall–Kier alpha value is -1.14. The number of nitrogens with two attached hydrogens (primary N) is 1. The highest BCUT2D eigenvalue weighted by Crippen LogP contribution is 2.26. The zero-order valence-corrected chi connectivity index (χ0v) is 13.1. The molecule has 2 atom stereocenters. The smallest absolute Gasteiger partial charge is 0.220 e. The van der Waals surface area contributed by atoms with Crippen molar-refractivity contribution >= 4 is 22.4 Å². The molecule has 1 aliphatic carbocycles. The van der Waals surface area contributed by atoms with Gasteiger partial charge in [0.25, 0.3) is 0 Å². The van der Waals surface area contributed by atoms with Gasteiger partial charge in [-0.2, -0.15) is 0 Å². The van der Waals surface area contributed by atoms with Crippen LogP contribution < -0.4 is 16.0 Å². The predicted octanol–water partition coefficient (Wildman–Crippen LogP) is 1.75. The van der Waals surface area contributed by atoms with Crippen molar-refractivity contribution < 1.29 is 4.79 Å². The predicted molar refractivity (Wildman–Crippen MR) is 85.4 cm³/mol. The first-order valence-electron chi connectivity index (χ1n) is 7.92. The average molecular weight is 308 g/mol. The highest BCUT2D eigenvalue weighted by atomic mass is 32.1. The highest BCUT2D eigenvalue weighted by Gasteiger charge is 2.28. The first-order valence-corrected chi connectivity index (χ1v) is 8.80. The van der Waals surface area contributed by atoms with Crippen molar-refractivity contribution in [2.45, 2.75) is 50.6 Å². The number of amides is 1. The van der Waals surface area contributed by atoms with Crippen molar-refractivity contribution in [2.75, 3.05) is 18.0 Å². The lowest BCUT2D eigenvalue weighted by Gasteiger charge is -2.36. The average Bonchev–Trinajstić information content (AvgIpc) is 3.02. The largest absolute Gasteiger partial charge is 0.369 e. The zero-order valence-electron chi connectivity index (χ0n) is 12.3. The van der Waals surface area contributed by atoms with Crippen molar-refractivity contribution in [3.63, 3.8) is 0 Å². The summed E-state index contributed by atoms with van der Waals surface area (Å²) in [7, 11) is 0. The SMILES string of the molecule is NC(=O)[C@@H]1CCC[C@@H](NC2CCN(c3nccs3)CC2)C1. The van der Waals surface area contributed by atoms with Crippen LogP contribution >= 0.6 is 11.3 Å². The molecule has 3 N–H and O–H groups in total. The lowest BCUT2D eigenvalue weighted by atomic mass is 9.84. The Morgan fingerprint density at radius 3 is 2.76 bits per heavy atom. The number of carbonyl (C=O) groups excluding carboxylic acids is 1. The summed E-state index contributed by atoms with van der Waals surface area (Å²) in [6.45, 7) is 2.13. The number of carbonyl (C=O) groups is 1. The minimum absolute atomic E-state index is 0.0756. The van der Waals surface area contributed by atoms with Crippen LogP contribution in [0.25, 0.3) is 0 Å². The molecule has 1 aromatic heterocycles. The number of hydrogen-bond acceptors (Lipinski definition) is 5. The van der Waals surface area contributed by atoms with Gasteiger partial charge in [0, 0.05) is 42.7 Å². The molecule has 1 saturated heterocycles. The Balaban J connectivity index is 1.46. The van der Waals surface area contributed by atoms with Crippen molar-refractivity contribution in [3.8, 4) is 0 Å². The third-order valence-electron chi connectivity index (χ3n) is 4.73. The summed E-state index contributed by atoms with van der Waals surface area (Å²) < 4.78 is 0. The van der Waals surface area contributed by atoms with Crippen molar-refractivity contribution in [1.29, 1.82) is 0 Å². The summed E-state index contributed by atoms with van der Waals surface area (Å²) in [4.78, 5) is 18.1. The van der Waals surface area contributed by atoms with Crippen molar-refractivity contribution in [3.05, 3.63) is 11.6 Å². The van der Waals surface area contributed by atoms with Crippen LogP contribution in [0.15, 0.2) is 11.6 Å². The van der Waals surface area contributed by atoms with Crippen LogP contribution in [0.1, 0.15) is 38.5 Å². The second-order valence-corrected chi connectivity index (χ2v) is 7.08. The molecule has 0 spiro atoms. The van der Waals surface area contributed by atoms with E-state index < -0.39 is 0 Å². The number of nitrogens with one attached hydrogen (secondary N) is 1. The zero-order chi connectivity index (χ0) is 14.7. The molecule has 2 aliphatic rings. The Morgan fingerprint density at radius 2 is 2.10 bits per heavy atom. The summed E-state index contributed by atoms with van der Waals surface area (Å²) in [5.74, 6) is -0.0493. The first-order chi connectivity index (χ1) is 10.2. The number of piperidine rings is 1. The van der Waals surface area contributed by atoms with Crippen LogP contribution in [0.3, 0.4) is 0 Å². The van der Waals surface area contributed by atoms with Crippen LogP contribution in [0.4, 0.5) is 5.13 Å². The standard InChI is InChI=1S/C15H24N4OS/c16-14(20)11-2-1-3-13(10-11)18-12-4-7-19(8-5-12)15-17-6-9-21-15/h6,9,11-13,18H,1-5,7-8,10H2,(H2,16,20)/t11-,13-/m1/s1. The third-order valence-corrected chi connectivity index (χ3v) is 5.56. The van der Waals surface area contributed by atoms with Crippen molar-refractivity contribution in [1.82, 2.24) is 10.3 Å². The van der Waals surface area contributed by atoms with Crippen molar-refractivity contribution in [2.24, 2.45) is 11.7 Å². The third kappa shape index (κ3) is 3.74. The van der Waals surface area contributed by atoms with Crippen LogP contribution in [0.5, 0.6) is 0 Å².